The van der Waals surface area contributed by atoms with E-state index in [2.05, 4.69) is 21.9 Å². The molecule has 2 aromatic heterocycles. The van der Waals surface area contributed by atoms with E-state index in [0.29, 0.717) is 5.69 Å². The van der Waals surface area contributed by atoms with Gasteiger partial charge in [-0.1, -0.05) is 24.3 Å². The third-order valence-corrected chi connectivity index (χ3v) is 6.21. The average Bonchev–Trinajstić information content (AvgIpc) is 3.38. The molecule has 1 aliphatic heterocycles. The van der Waals surface area contributed by atoms with Gasteiger partial charge in [0.05, 0.1) is 11.4 Å². The molecular formula is C19H18N4O2S2. The van der Waals surface area contributed by atoms with Gasteiger partial charge in [0.15, 0.2) is 0 Å². The van der Waals surface area contributed by atoms with E-state index in [9.17, 15) is 9.59 Å². The Bertz CT molecular complexity index is 952. The lowest BCUT2D eigenvalue weighted by Gasteiger charge is -2.30. The summed E-state index contributed by atoms with van der Waals surface area (Å²) < 4.78 is 0. The number of hydrogen-bond donors (Lipinski definition) is 2. The highest BCUT2D eigenvalue weighted by Crippen LogP contribution is 2.28. The predicted octanol–water partition coefficient (Wildman–Crippen LogP) is 3.09. The molecule has 138 valence electrons. The first-order chi connectivity index (χ1) is 13.2. The molecule has 0 spiro atoms. The summed E-state index contributed by atoms with van der Waals surface area (Å²) in [4.78, 5) is 31.9. The van der Waals surface area contributed by atoms with E-state index in [-0.39, 0.29) is 12.5 Å². The van der Waals surface area contributed by atoms with Crippen LogP contribution in [0.3, 0.4) is 0 Å². The van der Waals surface area contributed by atoms with Gasteiger partial charge < -0.3 is 4.90 Å². The van der Waals surface area contributed by atoms with Crippen LogP contribution in [0, 0.1) is 0 Å². The maximum absolute atomic E-state index is 12.3. The van der Waals surface area contributed by atoms with E-state index in [1.54, 1.807) is 16.7 Å². The van der Waals surface area contributed by atoms with Crippen LogP contribution in [0.25, 0.3) is 9.88 Å². The van der Waals surface area contributed by atoms with Gasteiger partial charge in [-0.3, -0.25) is 20.4 Å². The zero-order valence-corrected chi connectivity index (χ0v) is 16.1. The lowest BCUT2D eigenvalue weighted by atomic mass is 10.0. The summed E-state index contributed by atoms with van der Waals surface area (Å²) in [5.41, 5.74) is 7.58. The zero-order valence-electron chi connectivity index (χ0n) is 14.5. The zero-order chi connectivity index (χ0) is 18.6. The van der Waals surface area contributed by atoms with Crippen molar-refractivity contribution in [2.24, 2.45) is 0 Å². The number of carbonyl (C=O) groups excluding carboxylic acids is 2. The summed E-state index contributed by atoms with van der Waals surface area (Å²) in [5, 5.41) is 4.46. The van der Waals surface area contributed by atoms with Gasteiger partial charge in [0, 0.05) is 17.6 Å². The molecule has 6 nitrogen and oxygen atoms in total. The van der Waals surface area contributed by atoms with Gasteiger partial charge >= 0.3 is 0 Å². The lowest BCUT2D eigenvalue weighted by Crippen LogP contribution is -2.47. The monoisotopic (exact) mass is 398 g/mol. The van der Waals surface area contributed by atoms with Gasteiger partial charge in [0.1, 0.15) is 10.7 Å². The van der Waals surface area contributed by atoms with E-state index in [1.807, 2.05) is 40.6 Å². The summed E-state index contributed by atoms with van der Waals surface area (Å²) in [6, 6.07) is 12.0. The normalized spacial score (nSPS) is 13.1. The number of anilines is 1. The van der Waals surface area contributed by atoms with Gasteiger partial charge in [-0.2, -0.15) is 0 Å². The molecule has 3 aromatic rings. The number of hydrazine groups is 1. The number of carbonyl (C=O) groups is 2. The van der Waals surface area contributed by atoms with Crippen molar-refractivity contribution in [3.05, 3.63) is 58.4 Å². The molecule has 0 aliphatic carbocycles. The standard InChI is InChI=1S/C19H18N4O2S2/c24-17(11-23-9-3-6-13-5-1-2-7-15(13)23)21-22-18(25)14-12-27-19(20-14)16-8-4-10-26-16/h1-2,4-5,7-8,10,12H,3,6,9,11H2,(H,21,24)(H,22,25). The largest absolute Gasteiger partial charge is 0.362 e. The predicted molar refractivity (Wildman–Crippen MR) is 108 cm³/mol. The Balaban J connectivity index is 1.33. The van der Waals surface area contributed by atoms with Crippen LogP contribution in [0.15, 0.2) is 47.2 Å². The Morgan fingerprint density at radius 2 is 2.00 bits per heavy atom. The molecule has 0 fully saturated rings. The molecule has 2 amide bonds. The van der Waals surface area contributed by atoms with Crippen LogP contribution in [0.1, 0.15) is 22.5 Å². The van der Waals surface area contributed by atoms with Crippen molar-refractivity contribution in [3.8, 4) is 9.88 Å². The molecule has 0 saturated heterocycles. The molecule has 27 heavy (non-hydrogen) atoms. The number of benzene rings is 1. The number of nitrogens with zero attached hydrogens (tertiary/aromatic N) is 2. The third-order valence-electron chi connectivity index (χ3n) is 4.33. The minimum atomic E-state index is -0.415. The number of aromatic nitrogens is 1. The van der Waals surface area contributed by atoms with E-state index in [0.717, 1.165) is 35.0 Å². The van der Waals surface area contributed by atoms with Crippen LogP contribution >= 0.6 is 22.7 Å². The second-order valence-corrected chi connectivity index (χ2v) is 7.98. The van der Waals surface area contributed by atoms with Crippen molar-refractivity contribution < 1.29 is 9.59 Å². The highest BCUT2D eigenvalue weighted by molar-refractivity contribution is 7.20. The van der Waals surface area contributed by atoms with Gasteiger partial charge in [-0.15, -0.1) is 22.7 Å². The molecule has 0 radical (unpaired) electrons. The Morgan fingerprint density at radius 1 is 1.11 bits per heavy atom. The van der Waals surface area contributed by atoms with E-state index in [4.69, 9.17) is 0 Å². The highest BCUT2D eigenvalue weighted by Gasteiger charge is 2.19. The number of aryl methyl sites for hydroxylation is 1. The maximum atomic E-state index is 12.3. The van der Waals surface area contributed by atoms with Crippen molar-refractivity contribution in [1.82, 2.24) is 15.8 Å². The molecule has 0 saturated carbocycles. The van der Waals surface area contributed by atoms with E-state index < -0.39 is 5.91 Å². The maximum Gasteiger partial charge on any atom is 0.289 e. The SMILES string of the molecule is O=C(CN1CCCc2ccccc21)NNC(=O)c1csc(-c2cccs2)n1. The van der Waals surface area contributed by atoms with Crippen molar-refractivity contribution >= 4 is 40.2 Å². The number of amides is 2. The van der Waals surface area contributed by atoms with Crippen LogP contribution in [0.4, 0.5) is 5.69 Å². The summed E-state index contributed by atoms with van der Waals surface area (Å²) in [6.45, 7) is 1.03. The highest BCUT2D eigenvalue weighted by atomic mass is 32.1. The fourth-order valence-electron chi connectivity index (χ4n) is 3.07. The fourth-order valence-corrected chi connectivity index (χ4v) is 4.68. The van der Waals surface area contributed by atoms with Gasteiger partial charge in [0.2, 0.25) is 0 Å². The van der Waals surface area contributed by atoms with Gasteiger partial charge in [-0.05, 0) is 35.9 Å². The topological polar surface area (TPSA) is 74.3 Å². The molecule has 1 aliphatic rings. The smallest absolute Gasteiger partial charge is 0.289 e. The summed E-state index contributed by atoms with van der Waals surface area (Å²) in [7, 11) is 0. The molecule has 2 N–H and O–H groups in total. The summed E-state index contributed by atoms with van der Waals surface area (Å²) in [5.74, 6) is -0.671. The lowest BCUT2D eigenvalue weighted by molar-refractivity contribution is -0.120. The molecule has 0 atom stereocenters. The minimum Gasteiger partial charge on any atom is -0.362 e. The first-order valence-electron chi connectivity index (χ1n) is 8.62. The second-order valence-electron chi connectivity index (χ2n) is 6.17. The van der Waals surface area contributed by atoms with Crippen LogP contribution in [-0.4, -0.2) is 29.9 Å². The Hall–Kier alpha value is -2.71. The number of thiophene rings is 1. The third kappa shape index (κ3) is 4.01. The number of rotatable bonds is 4. The first kappa shape index (κ1) is 17.7. The number of hydrogen-bond acceptors (Lipinski definition) is 6. The van der Waals surface area contributed by atoms with Gasteiger partial charge in [0.25, 0.3) is 11.8 Å². The van der Waals surface area contributed by atoms with Gasteiger partial charge in [-0.25, -0.2) is 4.98 Å². The number of thiazole rings is 1. The minimum absolute atomic E-state index is 0.203. The molecule has 0 unspecified atom stereocenters. The number of nitrogens with one attached hydrogen (secondary N) is 2. The Labute approximate surface area is 164 Å². The molecule has 4 rings (SSSR count). The van der Waals surface area contributed by atoms with Crippen LogP contribution in [-0.2, 0) is 11.2 Å². The fraction of sp³-hybridized carbons (Fsp3) is 0.211. The van der Waals surface area contributed by atoms with Crippen LogP contribution < -0.4 is 15.8 Å². The van der Waals surface area contributed by atoms with Crippen LogP contribution in [0.5, 0.6) is 0 Å². The molecule has 3 heterocycles. The van der Waals surface area contributed by atoms with E-state index >= 15 is 0 Å². The van der Waals surface area contributed by atoms with Crippen molar-refractivity contribution in [2.45, 2.75) is 12.8 Å². The summed E-state index contributed by atoms with van der Waals surface area (Å²) in [6.07, 6.45) is 2.04. The molecular weight excluding hydrogens is 380 g/mol. The van der Waals surface area contributed by atoms with Crippen molar-refractivity contribution in [1.29, 1.82) is 0 Å². The first-order valence-corrected chi connectivity index (χ1v) is 10.4. The molecule has 1 aromatic carbocycles. The van der Waals surface area contributed by atoms with Crippen molar-refractivity contribution in [2.75, 3.05) is 18.0 Å². The van der Waals surface area contributed by atoms with Crippen molar-refractivity contribution in [3.63, 3.8) is 0 Å². The number of para-hydroxylation sites is 1. The van der Waals surface area contributed by atoms with Crippen LogP contribution in [0.2, 0.25) is 0 Å². The quantitative estimate of drug-likeness (QED) is 0.663. The molecule has 0 bridgehead atoms. The average molecular weight is 399 g/mol. The summed E-state index contributed by atoms with van der Waals surface area (Å²) >= 11 is 2.98. The second kappa shape index (κ2) is 7.89. The number of fused-ring (bicyclic) bond motifs is 1. The Morgan fingerprint density at radius 3 is 2.85 bits per heavy atom. The van der Waals surface area contributed by atoms with E-state index in [1.165, 1.54) is 16.9 Å². The molecule has 8 heteroatoms. The Kier molecular flexibility index (Phi) is 5.17.